The molecule has 0 aliphatic carbocycles. The quantitative estimate of drug-likeness (QED) is 0.894. The Kier molecular flexibility index (Phi) is 5.53. The Morgan fingerprint density at radius 1 is 1.50 bits per heavy atom. The molecule has 1 N–H and O–H groups in total. The Morgan fingerprint density at radius 3 is 3.10 bits per heavy atom. The zero-order valence-electron chi connectivity index (χ0n) is 12.5. The van der Waals surface area contributed by atoms with Crippen molar-refractivity contribution in [2.24, 2.45) is 0 Å². The molecule has 1 aromatic rings. The molecule has 2 rings (SSSR count). The number of carbonyl (C=O) groups excluding carboxylic acids is 1. The van der Waals surface area contributed by atoms with Gasteiger partial charge in [0.15, 0.2) is 0 Å². The van der Waals surface area contributed by atoms with E-state index < -0.39 is 0 Å². The van der Waals surface area contributed by atoms with Gasteiger partial charge in [-0.1, -0.05) is 6.07 Å². The standard InChI is InChI=1S/C16H25N3O/c1-13-15(9-6-12-19(13)2)18-16(20)10-5-8-14-7-3-4-11-17-14/h3-4,7,11,13,15H,5-6,8-10,12H2,1-2H3,(H,18,20). The highest BCUT2D eigenvalue weighted by Crippen LogP contribution is 2.15. The maximum Gasteiger partial charge on any atom is 0.220 e. The maximum atomic E-state index is 12.0. The van der Waals surface area contributed by atoms with Crippen LogP contribution < -0.4 is 5.32 Å². The molecule has 1 fully saturated rings. The smallest absolute Gasteiger partial charge is 0.220 e. The molecular weight excluding hydrogens is 250 g/mol. The Bertz CT molecular complexity index is 421. The van der Waals surface area contributed by atoms with E-state index in [4.69, 9.17) is 0 Å². The number of carbonyl (C=O) groups is 1. The number of likely N-dealkylation sites (tertiary alicyclic amines) is 1. The van der Waals surface area contributed by atoms with Crippen LogP contribution in [-0.2, 0) is 11.2 Å². The van der Waals surface area contributed by atoms with Crippen molar-refractivity contribution >= 4 is 5.91 Å². The Labute approximate surface area is 121 Å². The molecule has 2 atom stereocenters. The van der Waals surface area contributed by atoms with Gasteiger partial charge >= 0.3 is 0 Å². The molecule has 1 amide bonds. The third kappa shape index (κ3) is 4.30. The molecule has 1 saturated heterocycles. The first-order valence-corrected chi connectivity index (χ1v) is 7.56. The minimum Gasteiger partial charge on any atom is -0.352 e. The molecule has 20 heavy (non-hydrogen) atoms. The number of hydrogen-bond donors (Lipinski definition) is 1. The largest absolute Gasteiger partial charge is 0.352 e. The minimum absolute atomic E-state index is 0.174. The predicted octanol–water partition coefficient (Wildman–Crippen LogP) is 2.00. The fourth-order valence-electron chi connectivity index (χ4n) is 2.76. The van der Waals surface area contributed by atoms with Crippen LogP contribution in [0.4, 0.5) is 0 Å². The molecule has 4 nitrogen and oxygen atoms in total. The van der Waals surface area contributed by atoms with Crippen LogP contribution in [0.25, 0.3) is 0 Å². The van der Waals surface area contributed by atoms with E-state index >= 15 is 0 Å². The molecule has 1 aliphatic rings. The molecule has 4 heteroatoms. The average molecular weight is 275 g/mol. The minimum atomic E-state index is 0.174. The molecule has 1 aromatic heterocycles. The van der Waals surface area contributed by atoms with Crippen molar-refractivity contribution in [2.75, 3.05) is 13.6 Å². The predicted molar refractivity (Wildman–Crippen MR) is 80.4 cm³/mol. The summed E-state index contributed by atoms with van der Waals surface area (Å²) in [7, 11) is 2.13. The van der Waals surface area contributed by atoms with Crippen molar-refractivity contribution in [1.82, 2.24) is 15.2 Å². The van der Waals surface area contributed by atoms with Crippen LogP contribution in [0.1, 0.15) is 38.3 Å². The van der Waals surface area contributed by atoms with E-state index in [1.165, 1.54) is 6.42 Å². The van der Waals surface area contributed by atoms with Crippen LogP contribution >= 0.6 is 0 Å². The lowest BCUT2D eigenvalue weighted by molar-refractivity contribution is -0.122. The summed E-state index contributed by atoms with van der Waals surface area (Å²) in [6, 6.07) is 6.65. The molecule has 2 heterocycles. The molecule has 0 aromatic carbocycles. The molecule has 110 valence electrons. The van der Waals surface area contributed by atoms with Crippen molar-refractivity contribution in [3.63, 3.8) is 0 Å². The van der Waals surface area contributed by atoms with Crippen LogP contribution in [-0.4, -0.2) is 41.5 Å². The van der Waals surface area contributed by atoms with Gasteiger partial charge in [-0.15, -0.1) is 0 Å². The van der Waals surface area contributed by atoms with Crippen LogP contribution in [0, 0.1) is 0 Å². The van der Waals surface area contributed by atoms with Gasteiger partial charge < -0.3 is 10.2 Å². The summed E-state index contributed by atoms with van der Waals surface area (Å²) >= 11 is 0. The Hall–Kier alpha value is -1.42. The molecule has 2 unspecified atom stereocenters. The molecule has 1 aliphatic heterocycles. The highest BCUT2D eigenvalue weighted by atomic mass is 16.1. The first kappa shape index (κ1) is 15.0. The van der Waals surface area contributed by atoms with Crippen molar-refractivity contribution in [2.45, 2.75) is 51.1 Å². The number of piperidine rings is 1. The lowest BCUT2D eigenvalue weighted by Crippen LogP contribution is -2.52. The van der Waals surface area contributed by atoms with E-state index in [1.54, 1.807) is 6.20 Å². The summed E-state index contributed by atoms with van der Waals surface area (Å²) in [5, 5.41) is 3.18. The van der Waals surface area contributed by atoms with Crippen LogP contribution in [0.5, 0.6) is 0 Å². The van der Waals surface area contributed by atoms with Crippen LogP contribution in [0.3, 0.4) is 0 Å². The Balaban J connectivity index is 1.70. The van der Waals surface area contributed by atoms with E-state index in [2.05, 4.69) is 29.2 Å². The number of pyridine rings is 1. The summed E-state index contributed by atoms with van der Waals surface area (Å²) < 4.78 is 0. The van der Waals surface area contributed by atoms with E-state index in [9.17, 15) is 4.79 Å². The van der Waals surface area contributed by atoms with Gasteiger partial charge in [0.25, 0.3) is 0 Å². The van der Waals surface area contributed by atoms with Crippen molar-refractivity contribution in [3.05, 3.63) is 30.1 Å². The second-order valence-electron chi connectivity index (χ2n) is 5.71. The third-order valence-corrected chi connectivity index (χ3v) is 4.21. The summed E-state index contributed by atoms with van der Waals surface area (Å²) in [6.45, 7) is 3.32. The van der Waals surface area contributed by atoms with Gasteiger partial charge in [-0.2, -0.15) is 0 Å². The fraction of sp³-hybridized carbons (Fsp3) is 0.625. The molecular formula is C16H25N3O. The number of hydrogen-bond acceptors (Lipinski definition) is 3. The maximum absolute atomic E-state index is 12.0. The van der Waals surface area contributed by atoms with Crippen LogP contribution in [0.2, 0.25) is 0 Å². The van der Waals surface area contributed by atoms with Gasteiger partial charge in [-0.25, -0.2) is 0 Å². The van der Waals surface area contributed by atoms with Crippen molar-refractivity contribution in [1.29, 1.82) is 0 Å². The first-order valence-electron chi connectivity index (χ1n) is 7.56. The monoisotopic (exact) mass is 275 g/mol. The topological polar surface area (TPSA) is 45.2 Å². The van der Waals surface area contributed by atoms with Gasteiger partial charge in [0.2, 0.25) is 5.91 Å². The van der Waals surface area contributed by atoms with Gasteiger partial charge in [-0.05, 0) is 58.3 Å². The lowest BCUT2D eigenvalue weighted by atomic mass is 9.98. The van der Waals surface area contributed by atoms with Gasteiger partial charge in [0, 0.05) is 30.4 Å². The second-order valence-corrected chi connectivity index (χ2v) is 5.71. The third-order valence-electron chi connectivity index (χ3n) is 4.21. The van der Waals surface area contributed by atoms with E-state index in [1.807, 2.05) is 18.2 Å². The van der Waals surface area contributed by atoms with Crippen molar-refractivity contribution < 1.29 is 4.79 Å². The van der Waals surface area contributed by atoms with Gasteiger partial charge in [0.1, 0.15) is 0 Å². The summed E-state index contributed by atoms with van der Waals surface area (Å²) in [6.07, 6.45) is 6.38. The van der Waals surface area contributed by atoms with Crippen LogP contribution in [0.15, 0.2) is 24.4 Å². The van der Waals surface area contributed by atoms with E-state index in [-0.39, 0.29) is 5.91 Å². The Morgan fingerprint density at radius 2 is 2.35 bits per heavy atom. The summed E-state index contributed by atoms with van der Waals surface area (Å²) in [5.74, 6) is 0.174. The number of rotatable bonds is 5. The SMILES string of the molecule is CC1C(NC(=O)CCCc2ccccn2)CCCN1C. The van der Waals surface area contributed by atoms with Gasteiger partial charge in [-0.3, -0.25) is 9.78 Å². The first-order chi connectivity index (χ1) is 9.66. The van der Waals surface area contributed by atoms with Crippen molar-refractivity contribution in [3.8, 4) is 0 Å². The van der Waals surface area contributed by atoms with Gasteiger partial charge in [0.05, 0.1) is 0 Å². The number of aromatic nitrogens is 1. The zero-order valence-corrected chi connectivity index (χ0v) is 12.5. The second kappa shape index (κ2) is 7.39. The molecule has 0 radical (unpaired) electrons. The average Bonchev–Trinajstić information content (AvgIpc) is 2.45. The van der Waals surface area contributed by atoms with E-state index in [0.29, 0.717) is 18.5 Å². The molecule has 0 saturated carbocycles. The van der Waals surface area contributed by atoms with E-state index in [0.717, 1.165) is 31.5 Å². The number of likely N-dealkylation sites (N-methyl/N-ethyl adjacent to an activating group) is 1. The molecule has 0 bridgehead atoms. The normalized spacial score (nSPS) is 23.5. The highest BCUT2D eigenvalue weighted by Gasteiger charge is 2.26. The summed E-state index contributed by atoms with van der Waals surface area (Å²) in [5.41, 5.74) is 1.06. The summed E-state index contributed by atoms with van der Waals surface area (Å²) in [4.78, 5) is 18.6. The fourth-order valence-corrected chi connectivity index (χ4v) is 2.76. The zero-order chi connectivity index (χ0) is 14.4. The number of nitrogens with zero attached hydrogens (tertiary/aromatic N) is 2. The highest BCUT2D eigenvalue weighted by molar-refractivity contribution is 5.76. The number of amides is 1. The molecule has 0 spiro atoms. The lowest BCUT2D eigenvalue weighted by Gasteiger charge is -2.37. The number of nitrogens with one attached hydrogen (secondary N) is 1. The number of aryl methyl sites for hydroxylation is 1.